The fraction of sp³-hybridized carbons (Fsp3) is 0.143. The van der Waals surface area contributed by atoms with Crippen molar-refractivity contribution in [1.82, 2.24) is 4.98 Å². The highest BCUT2D eigenvalue weighted by atomic mass is 79.9. The number of aromatic nitrogens is 1. The first-order valence-corrected chi connectivity index (χ1v) is 8.13. The van der Waals surface area contributed by atoms with Crippen LogP contribution in [-0.4, -0.2) is 17.4 Å². The second-order valence-electron chi connectivity index (χ2n) is 4.16. The van der Waals surface area contributed by atoms with Gasteiger partial charge in [0.15, 0.2) is 0 Å². The molecule has 0 unspecified atom stereocenters. The molecule has 0 saturated carbocycles. The Hall–Kier alpha value is -1.11. The first-order chi connectivity index (χ1) is 10.0. The predicted molar refractivity (Wildman–Crippen MR) is 93.2 cm³/mol. The van der Waals surface area contributed by atoms with Crippen LogP contribution in [0.5, 0.6) is 0 Å². The molecule has 2 aromatic rings. The Morgan fingerprint density at radius 3 is 2.76 bits per heavy atom. The molecule has 21 heavy (non-hydrogen) atoms. The van der Waals surface area contributed by atoms with Gasteiger partial charge in [-0.25, -0.2) is 4.98 Å². The Kier molecular flexibility index (Phi) is 5.61. The molecular weight excluding hydrogens is 421 g/mol. The van der Waals surface area contributed by atoms with Gasteiger partial charge in [-0.1, -0.05) is 27.5 Å². The van der Waals surface area contributed by atoms with E-state index in [1.54, 1.807) is 12.1 Å². The van der Waals surface area contributed by atoms with E-state index in [9.17, 15) is 4.79 Å². The van der Waals surface area contributed by atoms with E-state index >= 15 is 0 Å². The largest absolute Gasteiger partial charge is 0.370 e. The molecule has 1 amide bonds. The van der Waals surface area contributed by atoms with Crippen molar-refractivity contribution < 1.29 is 4.79 Å². The number of pyridine rings is 1. The lowest BCUT2D eigenvalue weighted by molar-refractivity contribution is 0.102. The number of carbonyl (C=O) groups excluding carboxylic acids is 1. The van der Waals surface area contributed by atoms with Gasteiger partial charge in [-0.05, 0) is 47.1 Å². The van der Waals surface area contributed by atoms with Crippen LogP contribution in [0.4, 0.5) is 11.5 Å². The molecule has 7 heteroatoms. The van der Waals surface area contributed by atoms with Crippen LogP contribution in [0.15, 0.2) is 39.4 Å². The summed E-state index contributed by atoms with van der Waals surface area (Å²) >= 11 is 12.8. The third-order valence-electron chi connectivity index (χ3n) is 2.64. The molecule has 0 saturated heterocycles. The average molecular weight is 434 g/mol. The highest BCUT2D eigenvalue weighted by Crippen LogP contribution is 2.27. The molecule has 1 aromatic carbocycles. The summed E-state index contributed by atoms with van der Waals surface area (Å²) in [5, 5.41) is 6.17. The van der Waals surface area contributed by atoms with Crippen LogP contribution >= 0.6 is 43.5 Å². The SMILES string of the molecule is CCNc1cc(C(=O)Nc2ccc(Br)cc2Br)c(Cl)cn1. The number of anilines is 2. The van der Waals surface area contributed by atoms with E-state index in [4.69, 9.17) is 11.6 Å². The number of carbonyl (C=O) groups is 1. The lowest BCUT2D eigenvalue weighted by atomic mass is 10.2. The first-order valence-electron chi connectivity index (χ1n) is 6.17. The molecule has 0 radical (unpaired) electrons. The average Bonchev–Trinajstić information content (AvgIpc) is 2.44. The fourth-order valence-electron chi connectivity index (χ4n) is 1.67. The number of hydrogen-bond donors (Lipinski definition) is 2. The zero-order valence-corrected chi connectivity index (χ0v) is 15.0. The highest BCUT2D eigenvalue weighted by Gasteiger charge is 2.13. The van der Waals surface area contributed by atoms with Crippen molar-refractivity contribution in [3.63, 3.8) is 0 Å². The number of nitrogens with zero attached hydrogens (tertiary/aromatic N) is 1. The van der Waals surface area contributed by atoms with Gasteiger partial charge in [-0.2, -0.15) is 0 Å². The van der Waals surface area contributed by atoms with Crippen molar-refractivity contribution in [2.45, 2.75) is 6.92 Å². The van der Waals surface area contributed by atoms with Gasteiger partial charge >= 0.3 is 0 Å². The Bertz CT molecular complexity index is 679. The monoisotopic (exact) mass is 431 g/mol. The summed E-state index contributed by atoms with van der Waals surface area (Å²) in [6.07, 6.45) is 1.46. The van der Waals surface area contributed by atoms with Crippen molar-refractivity contribution in [3.05, 3.63) is 50.0 Å². The predicted octanol–water partition coefficient (Wildman–Crippen LogP) is 4.94. The van der Waals surface area contributed by atoms with E-state index < -0.39 is 0 Å². The molecular formula is C14H12Br2ClN3O. The van der Waals surface area contributed by atoms with Gasteiger partial charge in [0.1, 0.15) is 5.82 Å². The second-order valence-corrected chi connectivity index (χ2v) is 6.34. The van der Waals surface area contributed by atoms with Crippen LogP contribution in [0, 0.1) is 0 Å². The minimum Gasteiger partial charge on any atom is -0.370 e. The topological polar surface area (TPSA) is 54.0 Å². The minimum absolute atomic E-state index is 0.287. The summed E-state index contributed by atoms with van der Waals surface area (Å²) in [4.78, 5) is 16.5. The molecule has 0 aliphatic heterocycles. The third-order valence-corrected chi connectivity index (χ3v) is 4.09. The quantitative estimate of drug-likeness (QED) is 0.718. The van der Waals surface area contributed by atoms with E-state index in [-0.39, 0.29) is 5.91 Å². The van der Waals surface area contributed by atoms with Crippen molar-refractivity contribution in [2.24, 2.45) is 0 Å². The van der Waals surface area contributed by atoms with E-state index in [0.29, 0.717) is 28.6 Å². The zero-order chi connectivity index (χ0) is 15.4. The van der Waals surface area contributed by atoms with Gasteiger partial charge in [0.2, 0.25) is 0 Å². The number of benzene rings is 1. The normalized spacial score (nSPS) is 10.3. The number of amides is 1. The number of nitrogens with one attached hydrogen (secondary N) is 2. The Morgan fingerprint density at radius 2 is 2.10 bits per heavy atom. The Labute approximate surface area is 144 Å². The molecule has 0 aliphatic carbocycles. The minimum atomic E-state index is -0.287. The lowest BCUT2D eigenvalue weighted by Gasteiger charge is -2.10. The van der Waals surface area contributed by atoms with Crippen LogP contribution in [0.3, 0.4) is 0 Å². The molecule has 1 heterocycles. The molecule has 4 nitrogen and oxygen atoms in total. The molecule has 2 N–H and O–H groups in total. The standard InChI is InChI=1S/C14H12Br2ClN3O/c1-2-18-13-6-9(11(17)7-19-13)14(21)20-12-4-3-8(15)5-10(12)16/h3-7H,2H2,1H3,(H,18,19)(H,20,21). The number of hydrogen-bond acceptors (Lipinski definition) is 3. The molecule has 0 bridgehead atoms. The smallest absolute Gasteiger partial charge is 0.257 e. The summed E-state index contributed by atoms with van der Waals surface area (Å²) in [7, 11) is 0. The molecule has 2 rings (SSSR count). The molecule has 0 spiro atoms. The summed E-state index contributed by atoms with van der Waals surface area (Å²) in [6, 6.07) is 7.13. The third kappa shape index (κ3) is 4.18. The van der Waals surface area contributed by atoms with Crippen molar-refractivity contribution in [3.8, 4) is 0 Å². The van der Waals surface area contributed by atoms with Crippen LogP contribution in [0.1, 0.15) is 17.3 Å². The number of rotatable bonds is 4. The summed E-state index contributed by atoms with van der Waals surface area (Å²) in [5.41, 5.74) is 1.04. The van der Waals surface area contributed by atoms with Gasteiger partial charge in [0, 0.05) is 21.7 Å². The van der Waals surface area contributed by atoms with Gasteiger partial charge in [0.25, 0.3) is 5.91 Å². The van der Waals surface area contributed by atoms with Crippen LogP contribution in [0.2, 0.25) is 5.02 Å². The van der Waals surface area contributed by atoms with E-state index in [0.717, 1.165) is 8.95 Å². The molecule has 0 fully saturated rings. The molecule has 110 valence electrons. The summed E-state index contributed by atoms with van der Waals surface area (Å²) in [5.74, 6) is 0.325. The van der Waals surface area contributed by atoms with Gasteiger partial charge in [0.05, 0.1) is 16.3 Å². The Balaban J connectivity index is 2.25. The summed E-state index contributed by atoms with van der Waals surface area (Å²) in [6.45, 7) is 2.67. The van der Waals surface area contributed by atoms with Crippen molar-refractivity contribution in [2.75, 3.05) is 17.2 Å². The maximum Gasteiger partial charge on any atom is 0.257 e. The van der Waals surface area contributed by atoms with Crippen LogP contribution < -0.4 is 10.6 Å². The van der Waals surface area contributed by atoms with Crippen LogP contribution in [-0.2, 0) is 0 Å². The second kappa shape index (κ2) is 7.24. The highest BCUT2D eigenvalue weighted by molar-refractivity contribution is 9.11. The molecule has 0 atom stereocenters. The van der Waals surface area contributed by atoms with Crippen molar-refractivity contribution in [1.29, 1.82) is 0 Å². The molecule has 1 aromatic heterocycles. The fourth-order valence-corrected chi connectivity index (χ4v) is 3.01. The lowest BCUT2D eigenvalue weighted by Crippen LogP contribution is -2.14. The van der Waals surface area contributed by atoms with E-state index in [2.05, 4.69) is 47.5 Å². The van der Waals surface area contributed by atoms with E-state index in [1.165, 1.54) is 6.20 Å². The molecule has 0 aliphatic rings. The van der Waals surface area contributed by atoms with Crippen molar-refractivity contribution >= 4 is 60.9 Å². The number of halogens is 3. The van der Waals surface area contributed by atoms with Gasteiger partial charge in [-0.15, -0.1) is 0 Å². The van der Waals surface area contributed by atoms with E-state index in [1.807, 2.05) is 19.1 Å². The Morgan fingerprint density at radius 1 is 1.33 bits per heavy atom. The maximum absolute atomic E-state index is 12.3. The zero-order valence-electron chi connectivity index (χ0n) is 11.1. The van der Waals surface area contributed by atoms with Gasteiger partial charge in [-0.3, -0.25) is 4.79 Å². The maximum atomic E-state index is 12.3. The van der Waals surface area contributed by atoms with Crippen LogP contribution in [0.25, 0.3) is 0 Å². The summed E-state index contributed by atoms with van der Waals surface area (Å²) < 4.78 is 1.70. The first kappa shape index (κ1) is 16.3. The van der Waals surface area contributed by atoms with Gasteiger partial charge < -0.3 is 10.6 Å².